The van der Waals surface area contributed by atoms with Gasteiger partial charge in [-0.15, -0.1) is 0 Å². The summed E-state index contributed by atoms with van der Waals surface area (Å²) in [6.45, 7) is 2.28. The minimum absolute atomic E-state index is 0.00519. The first-order valence-electron chi connectivity index (χ1n) is 14.3. The van der Waals surface area contributed by atoms with Gasteiger partial charge in [0.15, 0.2) is 11.5 Å². The number of carbonyl (C=O) groups excluding carboxylic acids is 1. The first-order valence-corrected chi connectivity index (χ1v) is 15.8. The predicted molar refractivity (Wildman–Crippen MR) is 167 cm³/mol. The second kappa shape index (κ2) is 13.9. The number of piperazine rings is 1. The first kappa shape index (κ1) is 30.3. The van der Waals surface area contributed by atoms with E-state index in [0.717, 1.165) is 5.56 Å². The first-order chi connectivity index (χ1) is 20.9. The maximum Gasteiger partial charge on any atom is 0.241 e. The normalized spacial score (nSPS) is 14.8. The van der Waals surface area contributed by atoms with Crippen LogP contribution in [0.5, 0.6) is 11.5 Å². The van der Waals surface area contributed by atoms with Gasteiger partial charge in [-0.05, 0) is 35.2 Å². The van der Waals surface area contributed by atoms with Gasteiger partial charge in [-0.25, -0.2) is 8.42 Å². The highest BCUT2D eigenvalue weighted by Crippen LogP contribution is 2.31. The van der Waals surface area contributed by atoms with E-state index in [4.69, 9.17) is 9.47 Å². The number of ether oxygens (including phenoxy) is 2. The molecule has 1 aliphatic rings. The molecule has 1 fully saturated rings. The van der Waals surface area contributed by atoms with Crippen LogP contribution in [0.2, 0.25) is 0 Å². The van der Waals surface area contributed by atoms with E-state index in [9.17, 15) is 13.2 Å². The molecule has 1 unspecified atom stereocenters. The Morgan fingerprint density at radius 3 is 1.81 bits per heavy atom. The molecule has 0 aromatic heterocycles. The Morgan fingerprint density at radius 1 is 0.744 bits per heavy atom. The van der Waals surface area contributed by atoms with Gasteiger partial charge in [0.1, 0.15) is 6.04 Å². The molecule has 1 saturated heterocycles. The predicted octanol–water partition coefficient (Wildman–Crippen LogP) is 4.53. The third-order valence-corrected chi connectivity index (χ3v) is 9.23. The molecule has 224 valence electrons. The molecule has 1 heterocycles. The number of methoxy groups -OCH3 is 2. The molecule has 1 N–H and O–H groups in total. The lowest BCUT2D eigenvalue weighted by atomic mass is 9.96. The van der Waals surface area contributed by atoms with Crippen molar-refractivity contribution < 1.29 is 22.7 Å². The fourth-order valence-electron chi connectivity index (χ4n) is 5.57. The van der Waals surface area contributed by atoms with Crippen molar-refractivity contribution in [2.45, 2.75) is 23.4 Å². The van der Waals surface area contributed by atoms with Crippen molar-refractivity contribution in [2.24, 2.45) is 0 Å². The molecular weight excluding hydrogens is 562 g/mol. The highest BCUT2D eigenvalue weighted by atomic mass is 32.2. The number of amides is 1. The summed E-state index contributed by atoms with van der Waals surface area (Å²) < 4.78 is 40.4. The van der Waals surface area contributed by atoms with Crippen LogP contribution in [-0.2, 0) is 21.2 Å². The molecule has 5 rings (SSSR count). The van der Waals surface area contributed by atoms with E-state index >= 15 is 0 Å². The lowest BCUT2D eigenvalue weighted by Gasteiger charge is -2.40. The summed E-state index contributed by atoms with van der Waals surface area (Å²) in [6.07, 6.45) is 0.225. The summed E-state index contributed by atoms with van der Waals surface area (Å²) in [5, 5.41) is 0. The smallest absolute Gasteiger partial charge is 0.241 e. The minimum atomic E-state index is -4.06. The van der Waals surface area contributed by atoms with Crippen molar-refractivity contribution in [3.63, 3.8) is 0 Å². The summed E-state index contributed by atoms with van der Waals surface area (Å²) >= 11 is 0. The van der Waals surface area contributed by atoms with Crippen LogP contribution in [0.1, 0.15) is 22.7 Å². The van der Waals surface area contributed by atoms with Gasteiger partial charge in [-0.1, -0.05) is 91.0 Å². The zero-order valence-electron chi connectivity index (χ0n) is 24.4. The van der Waals surface area contributed by atoms with Crippen molar-refractivity contribution >= 4 is 15.9 Å². The monoisotopic (exact) mass is 599 g/mol. The van der Waals surface area contributed by atoms with Gasteiger partial charge in [0.25, 0.3) is 0 Å². The van der Waals surface area contributed by atoms with Gasteiger partial charge in [0, 0.05) is 32.2 Å². The third-order valence-electron chi connectivity index (χ3n) is 7.77. The summed E-state index contributed by atoms with van der Waals surface area (Å²) in [5.74, 6) is 0.461. The molecule has 8 nitrogen and oxygen atoms in total. The Hall–Kier alpha value is -4.18. The number of nitrogens with zero attached hydrogens (tertiary/aromatic N) is 2. The maximum atomic E-state index is 14.0. The number of carbonyl (C=O) groups is 1. The van der Waals surface area contributed by atoms with E-state index in [2.05, 4.69) is 33.9 Å². The van der Waals surface area contributed by atoms with Crippen LogP contribution < -0.4 is 14.2 Å². The SMILES string of the molecule is COc1ccc(S(=O)(=O)NC(Cc2ccccc2)C(=O)N2CCN(C(c3ccccc3)c3ccccc3)CC2)cc1OC. The molecule has 0 spiro atoms. The number of hydrogen-bond acceptors (Lipinski definition) is 6. The number of nitrogens with one attached hydrogen (secondary N) is 1. The maximum absolute atomic E-state index is 14.0. The van der Waals surface area contributed by atoms with Crippen LogP contribution in [0.15, 0.2) is 114 Å². The Bertz CT molecular complexity index is 1550. The second-order valence-electron chi connectivity index (χ2n) is 10.5. The van der Waals surface area contributed by atoms with Crippen LogP contribution >= 0.6 is 0 Å². The zero-order valence-corrected chi connectivity index (χ0v) is 25.2. The molecule has 9 heteroatoms. The molecular formula is C34H37N3O5S. The number of sulfonamides is 1. The van der Waals surface area contributed by atoms with E-state index in [0.29, 0.717) is 37.7 Å². The second-order valence-corrected chi connectivity index (χ2v) is 12.2. The molecule has 1 atom stereocenters. The third kappa shape index (κ3) is 7.25. The lowest BCUT2D eigenvalue weighted by molar-refractivity contribution is -0.135. The van der Waals surface area contributed by atoms with Gasteiger partial charge in [-0.2, -0.15) is 4.72 Å². The van der Waals surface area contributed by atoms with E-state index in [1.807, 2.05) is 66.7 Å². The van der Waals surface area contributed by atoms with Gasteiger partial charge < -0.3 is 14.4 Å². The Balaban J connectivity index is 1.36. The molecule has 0 saturated carbocycles. The fraction of sp³-hybridized carbons (Fsp3) is 0.265. The average Bonchev–Trinajstić information content (AvgIpc) is 3.05. The minimum Gasteiger partial charge on any atom is -0.493 e. The number of benzene rings is 4. The van der Waals surface area contributed by atoms with E-state index in [1.165, 1.54) is 43.5 Å². The van der Waals surface area contributed by atoms with E-state index in [-0.39, 0.29) is 23.3 Å². The van der Waals surface area contributed by atoms with Gasteiger partial charge in [0.2, 0.25) is 15.9 Å². The summed E-state index contributed by atoms with van der Waals surface area (Å²) in [5.41, 5.74) is 3.25. The Kier molecular flexibility index (Phi) is 9.76. The van der Waals surface area contributed by atoms with Crippen molar-refractivity contribution in [3.05, 3.63) is 126 Å². The highest BCUT2D eigenvalue weighted by Gasteiger charge is 2.33. The topological polar surface area (TPSA) is 88.2 Å². The average molecular weight is 600 g/mol. The van der Waals surface area contributed by atoms with E-state index < -0.39 is 16.1 Å². The van der Waals surface area contributed by atoms with Crippen LogP contribution in [0.3, 0.4) is 0 Å². The van der Waals surface area contributed by atoms with Crippen LogP contribution in [-0.4, -0.2) is 70.6 Å². The fourth-order valence-corrected chi connectivity index (χ4v) is 6.78. The molecule has 1 amide bonds. The molecule has 0 radical (unpaired) electrons. The highest BCUT2D eigenvalue weighted by molar-refractivity contribution is 7.89. The molecule has 0 aliphatic carbocycles. The largest absolute Gasteiger partial charge is 0.493 e. The molecule has 0 bridgehead atoms. The van der Waals surface area contributed by atoms with Crippen LogP contribution in [0.4, 0.5) is 0 Å². The van der Waals surface area contributed by atoms with Gasteiger partial charge >= 0.3 is 0 Å². The molecule has 4 aromatic carbocycles. The zero-order chi connectivity index (χ0) is 30.2. The standard InChI is InChI=1S/C34H37N3O5S/c1-41-31-19-18-29(25-32(31)42-2)43(39,40)35-30(24-26-12-6-3-7-13-26)34(38)37-22-20-36(21-23-37)33(27-14-8-4-9-15-27)28-16-10-5-11-17-28/h3-19,25,30,33,35H,20-24H2,1-2H3. The van der Waals surface area contributed by atoms with Crippen molar-refractivity contribution in [3.8, 4) is 11.5 Å². The van der Waals surface area contributed by atoms with Crippen molar-refractivity contribution in [1.82, 2.24) is 14.5 Å². The quantitative estimate of drug-likeness (QED) is 0.273. The molecule has 43 heavy (non-hydrogen) atoms. The summed E-state index contributed by atoms with van der Waals surface area (Å²) in [4.78, 5) is 18.1. The molecule has 1 aliphatic heterocycles. The molecule has 4 aromatic rings. The number of hydrogen-bond donors (Lipinski definition) is 1. The van der Waals surface area contributed by atoms with Crippen molar-refractivity contribution in [2.75, 3.05) is 40.4 Å². The Morgan fingerprint density at radius 2 is 1.28 bits per heavy atom. The van der Waals surface area contributed by atoms with Crippen LogP contribution in [0, 0.1) is 0 Å². The summed E-state index contributed by atoms with van der Waals surface area (Å²) in [7, 11) is -1.13. The van der Waals surface area contributed by atoms with Gasteiger partial charge in [0.05, 0.1) is 25.2 Å². The van der Waals surface area contributed by atoms with Crippen LogP contribution in [0.25, 0.3) is 0 Å². The van der Waals surface area contributed by atoms with E-state index in [1.54, 1.807) is 4.90 Å². The van der Waals surface area contributed by atoms with Crippen molar-refractivity contribution in [1.29, 1.82) is 0 Å². The lowest BCUT2D eigenvalue weighted by Crippen LogP contribution is -2.56. The summed E-state index contributed by atoms with van der Waals surface area (Å²) in [6, 6.07) is 33.6. The Labute approximate surface area is 253 Å². The number of rotatable bonds is 11. The van der Waals surface area contributed by atoms with Gasteiger partial charge in [-0.3, -0.25) is 9.69 Å².